The van der Waals surface area contributed by atoms with E-state index < -0.39 is 5.56 Å². The van der Waals surface area contributed by atoms with Crippen LogP contribution in [0.25, 0.3) is 0 Å². The number of morpholine rings is 1. The van der Waals surface area contributed by atoms with Crippen molar-refractivity contribution in [2.75, 3.05) is 33.8 Å². The lowest BCUT2D eigenvalue weighted by molar-refractivity contribution is -0.0684. The number of ether oxygens (including phenoxy) is 1. The van der Waals surface area contributed by atoms with Crippen LogP contribution in [0, 0.1) is 0 Å². The third kappa shape index (κ3) is 3.98. The van der Waals surface area contributed by atoms with Gasteiger partial charge < -0.3 is 19.5 Å². The lowest BCUT2D eigenvalue weighted by Gasteiger charge is -2.42. The van der Waals surface area contributed by atoms with E-state index in [0.29, 0.717) is 25.3 Å². The Morgan fingerprint density at radius 3 is 2.73 bits per heavy atom. The minimum Gasteiger partial charge on any atom is -0.373 e. The van der Waals surface area contributed by atoms with Gasteiger partial charge in [-0.3, -0.25) is 9.59 Å². The number of carbonyl (C=O) groups is 1. The number of pyridine rings is 1. The van der Waals surface area contributed by atoms with Crippen LogP contribution >= 0.6 is 11.6 Å². The minimum atomic E-state index is -0.407. The SMILES string of the molecule is CN(C)C[C@@H]1OCCN(C(=O)c2c[nH]c(=O)c(Cl)c2)[C@H]1c1ccccc1. The number of halogens is 1. The Kier molecular flexibility index (Phi) is 5.76. The molecule has 0 unspecified atom stereocenters. The van der Waals surface area contributed by atoms with Crippen molar-refractivity contribution in [1.82, 2.24) is 14.8 Å². The third-order valence-electron chi connectivity index (χ3n) is 4.40. The molecule has 2 atom stereocenters. The van der Waals surface area contributed by atoms with Gasteiger partial charge in [-0.1, -0.05) is 41.9 Å². The average molecular weight is 376 g/mol. The molecule has 0 bridgehead atoms. The van der Waals surface area contributed by atoms with Crippen LogP contribution in [-0.2, 0) is 4.74 Å². The molecule has 7 heteroatoms. The van der Waals surface area contributed by atoms with Gasteiger partial charge in [0.05, 0.1) is 24.3 Å². The lowest BCUT2D eigenvalue weighted by Crippen LogP contribution is -2.51. The number of rotatable bonds is 4. The van der Waals surface area contributed by atoms with Gasteiger partial charge in [0.25, 0.3) is 11.5 Å². The van der Waals surface area contributed by atoms with E-state index in [1.54, 1.807) is 4.90 Å². The molecular weight excluding hydrogens is 354 g/mol. The Labute approximate surface area is 157 Å². The summed E-state index contributed by atoms with van der Waals surface area (Å²) in [5, 5.41) is 0.00483. The Bertz CT molecular complexity index is 822. The molecule has 1 amide bonds. The number of nitrogens with one attached hydrogen (secondary N) is 1. The van der Waals surface area contributed by atoms with Gasteiger partial charge in [-0.25, -0.2) is 0 Å². The maximum atomic E-state index is 13.2. The zero-order chi connectivity index (χ0) is 18.7. The highest BCUT2D eigenvalue weighted by atomic mass is 35.5. The molecule has 1 aromatic carbocycles. The molecule has 0 radical (unpaired) electrons. The maximum Gasteiger partial charge on any atom is 0.266 e. The van der Waals surface area contributed by atoms with Crippen LogP contribution in [0.15, 0.2) is 47.4 Å². The van der Waals surface area contributed by atoms with E-state index in [0.717, 1.165) is 5.56 Å². The van der Waals surface area contributed by atoms with Crippen molar-refractivity contribution in [2.24, 2.45) is 0 Å². The summed E-state index contributed by atoms with van der Waals surface area (Å²) in [4.78, 5) is 31.0. The van der Waals surface area contributed by atoms with Gasteiger partial charge in [0.2, 0.25) is 0 Å². The second-order valence-electron chi connectivity index (χ2n) is 6.59. The van der Waals surface area contributed by atoms with Crippen molar-refractivity contribution in [3.63, 3.8) is 0 Å². The fourth-order valence-electron chi connectivity index (χ4n) is 3.26. The Morgan fingerprint density at radius 2 is 2.08 bits per heavy atom. The summed E-state index contributed by atoms with van der Waals surface area (Å²) in [7, 11) is 3.96. The molecule has 26 heavy (non-hydrogen) atoms. The van der Waals surface area contributed by atoms with Crippen LogP contribution in [0.4, 0.5) is 0 Å². The molecule has 1 aliphatic rings. The zero-order valence-corrected chi connectivity index (χ0v) is 15.6. The number of H-pyrrole nitrogens is 1. The first kappa shape index (κ1) is 18.6. The maximum absolute atomic E-state index is 13.2. The molecule has 6 nitrogen and oxygen atoms in total. The van der Waals surface area contributed by atoms with Crippen molar-refractivity contribution in [2.45, 2.75) is 12.1 Å². The van der Waals surface area contributed by atoms with Gasteiger partial charge in [-0.15, -0.1) is 0 Å². The molecular formula is C19H22ClN3O3. The van der Waals surface area contributed by atoms with Crippen molar-refractivity contribution >= 4 is 17.5 Å². The number of amides is 1. The summed E-state index contributed by atoms with van der Waals surface area (Å²) in [5.41, 5.74) is 0.972. The number of hydrogen-bond donors (Lipinski definition) is 1. The van der Waals surface area contributed by atoms with Crippen LogP contribution in [0.5, 0.6) is 0 Å². The topological polar surface area (TPSA) is 65.6 Å². The van der Waals surface area contributed by atoms with Crippen molar-refractivity contribution in [3.8, 4) is 0 Å². The first-order chi connectivity index (χ1) is 12.5. The highest BCUT2D eigenvalue weighted by molar-refractivity contribution is 6.30. The predicted octanol–water partition coefficient (Wildman–Crippen LogP) is 2.17. The van der Waals surface area contributed by atoms with Crippen LogP contribution in [-0.4, -0.2) is 60.6 Å². The predicted molar refractivity (Wildman–Crippen MR) is 101 cm³/mol. The van der Waals surface area contributed by atoms with Crippen LogP contribution < -0.4 is 5.56 Å². The number of carbonyl (C=O) groups excluding carboxylic acids is 1. The van der Waals surface area contributed by atoms with Gasteiger partial charge in [-0.05, 0) is 25.7 Å². The van der Waals surface area contributed by atoms with E-state index in [4.69, 9.17) is 16.3 Å². The molecule has 1 aliphatic heterocycles. The number of aromatic nitrogens is 1. The Morgan fingerprint density at radius 1 is 1.35 bits per heavy atom. The molecule has 0 aliphatic carbocycles. The highest BCUT2D eigenvalue weighted by Gasteiger charge is 2.37. The molecule has 1 fully saturated rings. The summed E-state index contributed by atoms with van der Waals surface area (Å²) in [6.45, 7) is 1.62. The van der Waals surface area contributed by atoms with Gasteiger partial charge in [-0.2, -0.15) is 0 Å². The monoisotopic (exact) mass is 375 g/mol. The largest absolute Gasteiger partial charge is 0.373 e. The number of hydrogen-bond acceptors (Lipinski definition) is 4. The molecule has 0 spiro atoms. The molecule has 0 saturated carbocycles. The number of nitrogens with zero attached hydrogens (tertiary/aromatic N) is 2. The number of likely N-dealkylation sites (N-methyl/N-ethyl adjacent to an activating group) is 1. The fourth-order valence-corrected chi connectivity index (χ4v) is 3.44. The quantitative estimate of drug-likeness (QED) is 0.889. The van der Waals surface area contributed by atoms with Gasteiger partial charge >= 0.3 is 0 Å². The molecule has 1 N–H and O–H groups in total. The first-order valence-electron chi connectivity index (χ1n) is 8.48. The van der Waals surface area contributed by atoms with Crippen LogP contribution in [0.3, 0.4) is 0 Å². The van der Waals surface area contributed by atoms with Crippen LogP contribution in [0.1, 0.15) is 22.0 Å². The van der Waals surface area contributed by atoms with E-state index in [1.807, 2.05) is 49.3 Å². The molecule has 2 aromatic rings. The van der Waals surface area contributed by atoms with Crippen molar-refractivity contribution < 1.29 is 9.53 Å². The molecule has 138 valence electrons. The van der Waals surface area contributed by atoms with E-state index >= 15 is 0 Å². The summed E-state index contributed by atoms with van der Waals surface area (Å²) < 4.78 is 6.00. The minimum absolute atomic E-state index is 0.00483. The molecule has 1 saturated heterocycles. The van der Waals surface area contributed by atoms with E-state index in [-0.39, 0.29) is 23.1 Å². The van der Waals surface area contributed by atoms with E-state index in [9.17, 15) is 9.59 Å². The molecule has 3 rings (SSSR count). The standard InChI is InChI=1S/C19H22ClN3O3/c1-22(2)12-16-17(13-6-4-3-5-7-13)23(8-9-26-16)19(25)14-10-15(20)18(24)21-11-14/h3-7,10-11,16-17H,8-9,12H2,1-2H3,(H,21,24)/t16-,17-/m0/s1. The second-order valence-corrected chi connectivity index (χ2v) is 7.00. The average Bonchev–Trinajstić information content (AvgIpc) is 2.63. The van der Waals surface area contributed by atoms with Gasteiger partial charge in [0.1, 0.15) is 5.02 Å². The van der Waals surface area contributed by atoms with E-state index in [2.05, 4.69) is 4.98 Å². The van der Waals surface area contributed by atoms with Gasteiger partial charge in [0, 0.05) is 19.3 Å². The van der Waals surface area contributed by atoms with E-state index in [1.165, 1.54) is 12.3 Å². The summed E-state index contributed by atoms with van der Waals surface area (Å²) in [6.07, 6.45) is 1.26. The lowest BCUT2D eigenvalue weighted by atomic mass is 9.97. The van der Waals surface area contributed by atoms with Crippen molar-refractivity contribution in [1.29, 1.82) is 0 Å². The summed E-state index contributed by atoms with van der Waals surface area (Å²) in [5.74, 6) is -0.177. The molecule has 1 aromatic heterocycles. The number of aromatic amines is 1. The highest BCUT2D eigenvalue weighted by Crippen LogP contribution is 2.31. The second kappa shape index (κ2) is 8.03. The Balaban J connectivity index is 1.97. The zero-order valence-electron chi connectivity index (χ0n) is 14.8. The smallest absolute Gasteiger partial charge is 0.266 e. The van der Waals surface area contributed by atoms with Gasteiger partial charge in [0.15, 0.2) is 0 Å². The van der Waals surface area contributed by atoms with Crippen LogP contribution in [0.2, 0.25) is 5.02 Å². The normalized spacial score (nSPS) is 20.4. The van der Waals surface area contributed by atoms with Crippen molar-refractivity contribution in [3.05, 3.63) is 69.1 Å². The number of benzene rings is 1. The summed E-state index contributed by atoms with van der Waals surface area (Å²) >= 11 is 5.90. The summed E-state index contributed by atoms with van der Waals surface area (Å²) in [6, 6.07) is 11.1. The Hall–Kier alpha value is -2.15. The first-order valence-corrected chi connectivity index (χ1v) is 8.85. The third-order valence-corrected chi connectivity index (χ3v) is 4.68. The fraction of sp³-hybridized carbons (Fsp3) is 0.368. The molecule has 2 heterocycles.